The Balaban J connectivity index is 2.07. The molecule has 2 aromatic rings. The predicted octanol–water partition coefficient (Wildman–Crippen LogP) is 1.77. The molecule has 0 aliphatic heterocycles. The number of hydrogen-bond donors (Lipinski definition) is 2. The molecule has 0 saturated carbocycles. The maximum Gasteiger partial charge on any atom is 0.315 e. The second kappa shape index (κ2) is 7.51. The highest BCUT2D eigenvalue weighted by atomic mass is 32.1. The van der Waals surface area contributed by atoms with Gasteiger partial charge in [-0.25, -0.2) is 10.4 Å². The number of hydrogen-bond acceptors (Lipinski definition) is 8. The van der Waals surface area contributed by atoms with Crippen molar-refractivity contribution in [3.8, 4) is 11.5 Å². The maximum absolute atomic E-state index is 11.7. The summed E-state index contributed by atoms with van der Waals surface area (Å²) in [6, 6.07) is 2.49. The van der Waals surface area contributed by atoms with Gasteiger partial charge in [0.15, 0.2) is 5.75 Å². The van der Waals surface area contributed by atoms with Crippen LogP contribution in [-0.2, 0) is 11.2 Å². The quantitative estimate of drug-likeness (QED) is 0.464. The first-order valence-electron chi connectivity index (χ1n) is 6.69. The van der Waals surface area contributed by atoms with Gasteiger partial charge in [-0.15, -0.1) is 11.3 Å². The Bertz CT molecular complexity index is 802. The standard InChI is InChI=1S/C14H14N4O5S/c1-8-16-10(7-24-8)5-13(19)17-15-6-9-3-11(18(21)22)14(20)12(4-9)23-2/h3-4,6-7,20H,5H2,1-2H3,(H,17,19)/b15-6+. The third-order valence-electron chi connectivity index (χ3n) is 2.90. The molecule has 2 N–H and O–H groups in total. The number of benzene rings is 1. The molecule has 1 heterocycles. The van der Waals surface area contributed by atoms with Crippen LogP contribution in [0.1, 0.15) is 16.3 Å². The summed E-state index contributed by atoms with van der Waals surface area (Å²) in [5, 5.41) is 27.0. The number of thiazole rings is 1. The second-order valence-electron chi connectivity index (χ2n) is 4.68. The summed E-state index contributed by atoms with van der Waals surface area (Å²) >= 11 is 1.45. The van der Waals surface area contributed by atoms with Crippen LogP contribution >= 0.6 is 11.3 Å². The number of phenols is 1. The minimum atomic E-state index is -0.738. The van der Waals surface area contributed by atoms with Crippen LogP contribution in [0.3, 0.4) is 0 Å². The molecule has 2 rings (SSSR count). The summed E-state index contributed by atoms with van der Waals surface area (Å²) in [5.74, 6) is -0.991. The fraction of sp³-hybridized carbons (Fsp3) is 0.214. The monoisotopic (exact) mass is 350 g/mol. The molecule has 0 spiro atoms. The van der Waals surface area contributed by atoms with Crippen molar-refractivity contribution in [1.29, 1.82) is 0 Å². The van der Waals surface area contributed by atoms with Crippen molar-refractivity contribution in [2.24, 2.45) is 5.10 Å². The first-order chi connectivity index (χ1) is 11.4. The molecule has 1 aromatic heterocycles. The molecule has 126 valence electrons. The molecule has 0 fully saturated rings. The molecule has 0 unspecified atom stereocenters. The molecule has 0 bridgehead atoms. The number of nitro groups is 1. The number of carbonyl (C=O) groups excluding carboxylic acids is 1. The number of amides is 1. The molecule has 0 atom stereocenters. The average molecular weight is 350 g/mol. The fourth-order valence-corrected chi connectivity index (χ4v) is 2.47. The average Bonchev–Trinajstić information content (AvgIpc) is 2.93. The molecule has 0 radical (unpaired) electrons. The smallest absolute Gasteiger partial charge is 0.315 e. The van der Waals surface area contributed by atoms with Crippen molar-refractivity contribution in [3.63, 3.8) is 0 Å². The van der Waals surface area contributed by atoms with E-state index in [0.29, 0.717) is 11.3 Å². The van der Waals surface area contributed by atoms with Gasteiger partial charge >= 0.3 is 5.69 Å². The number of phenolic OH excluding ortho intramolecular Hbond substituents is 1. The molecule has 9 nitrogen and oxygen atoms in total. The van der Waals surface area contributed by atoms with Crippen molar-refractivity contribution in [2.45, 2.75) is 13.3 Å². The third-order valence-corrected chi connectivity index (χ3v) is 3.73. The number of nitrogens with zero attached hydrogens (tertiary/aromatic N) is 3. The van der Waals surface area contributed by atoms with Crippen LogP contribution in [0.15, 0.2) is 22.6 Å². The van der Waals surface area contributed by atoms with Gasteiger partial charge in [-0.05, 0) is 13.0 Å². The SMILES string of the molecule is COc1cc(/C=N/NC(=O)Cc2csc(C)n2)cc([N+](=O)[O-])c1O. The van der Waals surface area contributed by atoms with E-state index in [4.69, 9.17) is 4.74 Å². The van der Waals surface area contributed by atoms with Crippen LogP contribution in [0.25, 0.3) is 0 Å². The molecule has 24 heavy (non-hydrogen) atoms. The summed E-state index contributed by atoms with van der Waals surface area (Å²) in [5.41, 5.74) is 2.74. The number of hydrazone groups is 1. The van der Waals surface area contributed by atoms with Crippen LogP contribution in [-0.4, -0.2) is 34.2 Å². The number of ether oxygens (including phenoxy) is 1. The first-order valence-corrected chi connectivity index (χ1v) is 7.57. The van der Waals surface area contributed by atoms with Crippen LogP contribution in [0.4, 0.5) is 5.69 Å². The number of nitro benzene ring substituents is 1. The van der Waals surface area contributed by atoms with Gasteiger partial charge in [0.25, 0.3) is 0 Å². The van der Waals surface area contributed by atoms with Gasteiger partial charge in [0.05, 0.1) is 35.4 Å². The van der Waals surface area contributed by atoms with Crippen molar-refractivity contribution < 1.29 is 19.6 Å². The van der Waals surface area contributed by atoms with Crippen molar-refractivity contribution >= 4 is 29.1 Å². The van der Waals surface area contributed by atoms with E-state index in [1.807, 2.05) is 6.92 Å². The molecule has 10 heteroatoms. The Labute approximate surface area is 140 Å². The molecule has 0 aliphatic carbocycles. The van der Waals surface area contributed by atoms with E-state index in [9.17, 15) is 20.0 Å². The molecule has 0 saturated heterocycles. The second-order valence-corrected chi connectivity index (χ2v) is 5.74. The van der Waals surface area contributed by atoms with Gasteiger partial charge in [-0.3, -0.25) is 14.9 Å². The van der Waals surface area contributed by atoms with Crippen LogP contribution in [0.5, 0.6) is 11.5 Å². The summed E-state index contributed by atoms with van der Waals surface area (Å²) in [6.45, 7) is 1.84. The highest BCUT2D eigenvalue weighted by Gasteiger charge is 2.19. The minimum Gasteiger partial charge on any atom is -0.500 e. The maximum atomic E-state index is 11.7. The zero-order valence-corrected chi connectivity index (χ0v) is 13.7. The molecule has 1 amide bonds. The Morgan fingerprint density at radius 2 is 2.33 bits per heavy atom. The van der Waals surface area contributed by atoms with Crippen LogP contribution in [0, 0.1) is 17.0 Å². The largest absolute Gasteiger partial charge is 0.500 e. The van der Waals surface area contributed by atoms with E-state index in [0.717, 1.165) is 11.1 Å². The highest BCUT2D eigenvalue weighted by molar-refractivity contribution is 7.09. The van der Waals surface area contributed by atoms with Crippen molar-refractivity contribution in [3.05, 3.63) is 43.9 Å². The van der Waals surface area contributed by atoms with Gasteiger partial charge < -0.3 is 9.84 Å². The highest BCUT2D eigenvalue weighted by Crippen LogP contribution is 2.36. The van der Waals surface area contributed by atoms with Crippen LogP contribution in [0.2, 0.25) is 0 Å². The lowest BCUT2D eigenvalue weighted by molar-refractivity contribution is -0.386. The Morgan fingerprint density at radius 3 is 2.92 bits per heavy atom. The summed E-state index contributed by atoms with van der Waals surface area (Å²) in [6.07, 6.45) is 1.31. The van der Waals surface area contributed by atoms with E-state index >= 15 is 0 Å². The number of aryl methyl sites for hydroxylation is 1. The summed E-state index contributed by atoms with van der Waals surface area (Å²) in [7, 11) is 1.28. The number of aromatic hydroxyl groups is 1. The fourth-order valence-electron chi connectivity index (χ4n) is 1.86. The normalized spacial score (nSPS) is 10.8. The number of nitrogens with one attached hydrogen (secondary N) is 1. The Morgan fingerprint density at radius 1 is 1.58 bits per heavy atom. The van der Waals surface area contributed by atoms with E-state index < -0.39 is 16.4 Å². The topological polar surface area (TPSA) is 127 Å². The Hall–Kier alpha value is -3.01. The van der Waals surface area contributed by atoms with Crippen molar-refractivity contribution in [1.82, 2.24) is 10.4 Å². The van der Waals surface area contributed by atoms with E-state index in [1.54, 1.807) is 5.38 Å². The predicted molar refractivity (Wildman–Crippen MR) is 87.6 cm³/mol. The minimum absolute atomic E-state index is 0.0603. The third kappa shape index (κ3) is 4.26. The van der Waals surface area contributed by atoms with Gasteiger partial charge in [-0.2, -0.15) is 5.10 Å². The number of carbonyl (C=O) groups is 1. The van der Waals surface area contributed by atoms with E-state index in [1.165, 1.54) is 30.7 Å². The van der Waals surface area contributed by atoms with E-state index in [2.05, 4.69) is 15.5 Å². The number of aromatic nitrogens is 1. The summed E-state index contributed by atoms with van der Waals surface area (Å²) in [4.78, 5) is 26.1. The molecule has 0 aliphatic rings. The van der Waals surface area contributed by atoms with Gasteiger partial charge in [0, 0.05) is 17.0 Å². The zero-order valence-electron chi connectivity index (χ0n) is 12.8. The zero-order chi connectivity index (χ0) is 17.7. The number of methoxy groups -OCH3 is 1. The van der Waals surface area contributed by atoms with Crippen LogP contribution < -0.4 is 10.2 Å². The van der Waals surface area contributed by atoms with Gasteiger partial charge in [0.2, 0.25) is 11.7 Å². The molecule has 1 aromatic carbocycles. The molecular weight excluding hydrogens is 336 g/mol. The lowest BCUT2D eigenvalue weighted by atomic mass is 10.2. The van der Waals surface area contributed by atoms with Gasteiger partial charge in [0.1, 0.15) is 0 Å². The Kier molecular flexibility index (Phi) is 5.42. The lowest BCUT2D eigenvalue weighted by Gasteiger charge is -2.05. The number of rotatable bonds is 6. The first kappa shape index (κ1) is 17.3. The lowest BCUT2D eigenvalue weighted by Crippen LogP contribution is -2.19. The van der Waals surface area contributed by atoms with E-state index in [-0.39, 0.29) is 18.1 Å². The van der Waals surface area contributed by atoms with Gasteiger partial charge in [-0.1, -0.05) is 0 Å². The molecular formula is C14H14N4O5S. The van der Waals surface area contributed by atoms with Crippen molar-refractivity contribution in [2.75, 3.05) is 7.11 Å². The summed E-state index contributed by atoms with van der Waals surface area (Å²) < 4.78 is 4.87.